The first-order chi connectivity index (χ1) is 34.8. The molecule has 0 amide bonds. The molecule has 5 atom stereocenters. The lowest BCUT2D eigenvalue weighted by Gasteiger charge is -2.47. The predicted molar refractivity (Wildman–Crippen MR) is 276 cm³/mol. The van der Waals surface area contributed by atoms with E-state index in [0.29, 0.717) is 29.5 Å². The fourth-order valence-corrected chi connectivity index (χ4v) is 13.9. The Labute approximate surface area is 425 Å². The molecule has 1 N–H and O–H groups in total. The van der Waals surface area contributed by atoms with Crippen molar-refractivity contribution in [2.75, 3.05) is 0 Å². The summed E-state index contributed by atoms with van der Waals surface area (Å²) in [6.07, 6.45) is 25.2. The van der Waals surface area contributed by atoms with Crippen molar-refractivity contribution in [3.05, 3.63) is 190 Å². The van der Waals surface area contributed by atoms with Crippen molar-refractivity contribution in [1.82, 2.24) is 49.1 Å². The van der Waals surface area contributed by atoms with Crippen molar-refractivity contribution in [3.63, 3.8) is 0 Å². The molecular weight excluding hydrogens is 947 g/mol. The van der Waals surface area contributed by atoms with Gasteiger partial charge in [0.25, 0.3) is 0 Å². The first-order valence-corrected chi connectivity index (χ1v) is 26.0. The highest BCUT2D eigenvalue weighted by atomic mass is 32.2. The van der Waals surface area contributed by atoms with Crippen LogP contribution in [0.1, 0.15) is 94.5 Å². The summed E-state index contributed by atoms with van der Waals surface area (Å²) in [4.78, 5) is 25.6. The highest BCUT2D eigenvalue weighted by Crippen LogP contribution is 2.57. The van der Waals surface area contributed by atoms with E-state index in [2.05, 4.69) is 42.5 Å². The van der Waals surface area contributed by atoms with Crippen LogP contribution in [0.15, 0.2) is 143 Å². The number of hydrogen-bond acceptors (Lipinski definition) is 10. The third kappa shape index (κ3) is 9.20. The number of thioether (sulfide) groups is 2. The van der Waals surface area contributed by atoms with Crippen molar-refractivity contribution in [2.24, 2.45) is 24.9 Å². The number of halogens is 2. The lowest BCUT2D eigenvalue weighted by Crippen LogP contribution is -2.43. The van der Waals surface area contributed by atoms with Gasteiger partial charge in [0.05, 0.1) is 58.7 Å². The summed E-state index contributed by atoms with van der Waals surface area (Å²) in [5, 5.41) is 30.5. The number of aliphatic hydroxyl groups is 1. The first-order valence-electron chi connectivity index (χ1n) is 24.3. The molecule has 2 aromatic carbocycles. The molecule has 366 valence electrons. The molecule has 12 rings (SSSR count). The second kappa shape index (κ2) is 19.4. The Balaban J connectivity index is 0.000000156. The van der Waals surface area contributed by atoms with Crippen LogP contribution in [0.25, 0.3) is 23.5 Å². The molecule has 8 aromatic rings. The first kappa shape index (κ1) is 47.6. The van der Waals surface area contributed by atoms with E-state index < -0.39 is 16.9 Å². The lowest BCUT2D eigenvalue weighted by atomic mass is 9.60. The monoisotopic (exact) mass is 1000 g/mol. The zero-order valence-electron chi connectivity index (χ0n) is 40.5. The van der Waals surface area contributed by atoms with Gasteiger partial charge in [-0.1, -0.05) is 11.1 Å². The van der Waals surface area contributed by atoms with E-state index >= 15 is 0 Å². The number of fused-ring (bicyclic) bond motifs is 4. The van der Waals surface area contributed by atoms with E-state index in [0.717, 1.165) is 98.9 Å². The van der Waals surface area contributed by atoms with Gasteiger partial charge in [0, 0.05) is 64.6 Å². The minimum absolute atomic E-state index is 0.0779. The quantitative estimate of drug-likeness (QED) is 0.132. The number of aliphatic hydroxyl groups excluding tert-OH is 1. The summed E-state index contributed by atoms with van der Waals surface area (Å²) in [6.45, 7) is 4.01. The van der Waals surface area contributed by atoms with E-state index in [-0.39, 0.29) is 22.7 Å². The van der Waals surface area contributed by atoms with Gasteiger partial charge < -0.3 is 5.11 Å². The van der Waals surface area contributed by atoms with Gasteiger partial charge in [0.1, 0.15) is 23.4 Å². The second-order valence-corrected chi connectivity index (χ2v) is 22.4. The molecule has 2 fully saturated rings. The average Bonchev–Trinajstić information content (AvgIpc) is 4.19. The van der Waals surface area contributed by atoms with Crippen LogP contribution >= 0.6 is 23.5 Å². The minimum Gasteiger partial charge on any atom is -0.386 e. The fraction of sp³-hybridized carbons (Fsp3) is 0.304. The van der Waals surface area contributed by atoms with Gasteiger partial charge >= 0.3 is 0 Å². The van der Waals surface area contributed by atoms with Crippen molar-refractivity contribution in [2.45, 2.75) is 91.6 Å². The Kier molecular flexibility index (Phi) is 12.8. The number of allylic oxidation sites excluding steroid dienone is 1. The Bertz CT molecular complexity index is 3380. The molecule has 4 aliphatic carbocycles. The van der Waals surface area contributed by atoms with Crippen LogP contribution in [-0.2, 0) is 26.9 Å². The van der Waals surface area contributed by atoms with Gasteiger partial charge in [-0.2, -0.15) is 20.4 Å². The summed E-state index contributed by atoms with van der Waals surface area (Å²) in [5.41, 5.74) is 10.3. The molecule has 6 aromatic heterocycles. The second-order valence-electron chi connectivity index (χ2n) is 19.7. The number of pyridine rings is 2. The van der Waals surface area contributed by atoms with E-state index in [9.17, 15) is 18.7 Å². The Morgan fingerprint density at radius 1 is 0.667 bits per heavy atom. The number of nitrogens with zero attached hydrogens (tertiary/aromatic N) is 10. The van der Waals surface area contributed by atoms with Crippen molar-refractivity contribution in [3.8, 4) is 11.4 Å². The Hall–Kier alpha value is -6.75. The lowest BCUT2D eigenvalue weighted by molar-refractivity contribution is 0.0286. The van der Waals surface area contributed by atoms with Gasteiger partial charge in [-0.25, -0.2) is 18.1 Å². The fourth-order valence-electron chi connectivity index (χ4n) is 11.2. The predicted octanol–water partition coefficient (Wildman–Crippen LogP) is 11.1. The number of carbonyl (C=O) groups is 1. The molecule has 1 unspecified atom stereocenters. The normalized spacial score (nSPS) is 21.5. The van der Waals surface area contributed by atoms with Gasteiger partial charge in [-0.05, 0) is 172 Å². The van der Waals surface area contributed by atoms with Crippen LogP contribution in [0.2, 0.25) is 0 Å². The standard InChI is InChI=1S/C28H28FN5OS.C28H26FN5OS/c2*1-18-9-10-30-25(11-18)27(35)28-13-19-15-32-34(22-6-4-21(29)5-7-22)26(19)12-20(28)3-8-23(14-28)36-24-16-31-33(2)17-24/h4-7,9-12,15-17,23,27,35H,3,8,13-14H2,1-2H3;4-7,9-12,15-17,23H,3,8,13-14H2,1-2H3/t23-,27?,28-;23-,28-/m00/s1. The number of benzene rings is 2. The molecule has 72 heavy (non-hydrogen) atoms. The highest BCUT2D eigenvalue weighted by Gasteiger charge is 2.51. The minimum atomic E-state index is -0.733. The van der Waals surface area contributed by atoms with Crippen LogP contribution in [0.5, 0.6) is 0 Å². The number of carbonyl (C=O) groups excluding carboxylic acids is 1. The molecule has 12 nitrogen and oxygen atoms in total. The summed E-state index contributed by atoms with van der Waals surface area (Å²) in [6, 6.07) is 20.5. The van der Waals surface area contributed by atoms with Crippen molar-refractivity contribution < 1.29 is 18.7 Å². The number of ketones is 1. The summed E-state index contributed by atoms with van der Waals surface area (Å²) < 4.78 is 34.4. The molecule has 2 saturated carbocycles. The van der Waals surface area contributed by atoms with Crippen LogP contribution in [0.3, 0.4) is 0 Å². The van der Waals surface area contributed by atoms with Crippen molar-refractivity contribution in [1.29, 1.82) is 0 Å². The molecule has 0 aliphatic heterocycles. The summed E-state index contributed by atoms with van der Waals surface area (Å²) in [7, 11) is 3.85. The zero-order valence-corrected chi connectivity index (χ0v) is 42.1. The number of rotatable bonds is 10. The third-order valence-corrected chi connectivity index (χ3v) is 17.2. The summed E-state index contributed by atoms with van der Waals surface area (Å²) >= 11 is 3.64. The molecular formula is C56H54F2N10O2S2. The van der Waals surface area contributed by atoms with Gasteiger partial charge in [0.15, 0.2) is 5.78 Å². The molecule has 0 radical (unpaired) electrons. The van der Waals surface area contributed by atoms with E-state index in [4.69, 9.17) is 0 Å². The number of hydrogen-bond donors (Lipinski definition) is 1. The van der Waals surface area contributed by atoms with Gasteiger partial charge in [-0.15, -0.1) is 23.5 Å². The van der Waals surface area contributed by atoms with Crippen LogP contribution in [-0.4, -0.2) is 70.5 Å². The molecule has 0 spiro atoms. The number of Topliss-reactive ketones (excluding diaryl/α,β-unsaturated/α-hetero) is 1. The Morgan fingerprint density at radius 2 is 1.19 bits per heavy atom. The number of aryl methyl sites for hydroxylation is 4. The van der Waals surface area contributed by atoms with E-state index in [1.165, 1.54) is 29.8 Å². The average molecular weight is 1000 g/mol. The van der Waals surface area contributed by atoms with Crippen LogP contribution in [0, 0.1) is 36.3 Å². The van der Waals surface area contributed by atoms with Gasteiger partial charge in [0.2, 0.25) is 0 Å². The topological polar surface area (TPSA) is 134 Å². The maximum absolute atomic E-state index is 14.2. The Morgan fingerprint density at radius 3 is 1.75 bits per heavy atom. The van der Waals surface area contributed by atoms with E-state index in [1.807, 2.05) is 120 Å². The zero-order chi connectivity index (χ0) is 49.7. The van der Waals surface area contributed by atoms with Crippen LogP contribution < -0.4 is 0 Å². The smallest absolute Gasteiger partial charge is 0.191 e. The third-order valence-electron chi connectivity index (χ3n) is 14.7. The molecule has 16 heteroatoms. The SMILES string of the molecule is Cc1ccnc(C(=O)[C@]23Cc4cnn(-c5ccc(F)cc5)c4C=C2CC[C@H](Sc2cnn(C)c2)C3)c1.Cc1ccnc(C(O)[C@]23Cc4cnn(-c5ccc(F)cc5)c4C=C2CC[C@H](Sc2cnn(C)c2)C3)c1. The molecule has 6 heterocycles. The molecule has 0 saturated heterocycles. The molecule has 0 bridgehead atoms. The van der Waals surface area contributed by atoms with Gasteiger partial charge in [-0.3, -0.25) is 24.1 Å². The van der Waals surface area contributed by atoms with E-state index in [1.54, 1.807) is 48.4 Å². The summed E-state index contributed by atoms with van der Waals surface area (Å²) in [5.74, 6) is -0.470. The van der Waals surface area contributed by atoms with Crippen LogP contribution in [0.4, 0.5) is 8.78 Å². The largest absolute Gasteiger partial charge is 0.386 e. The molecule has 4 aliphatic rings. The maximum atomic E-state index is 14.2. The maximum Gasteiger partial charge on any atom is 0.191 e. The van der Waals surface area contributed by atoms with Crippen molar-refractivity contribution >= 4 is 41.5 Å². The number of aromatic nitrogens is 10. The highest BCUT2D eigenvalue weighted by molar-refractivity contribution is 8.00.